The number of primary amides is 1. The summed E-state index contributed by atoms with van der Waals surface area (Å²) in [6, 6.07) is 19.7. The summed E-state index contributed by atoms with van der Waals surface area (Å²) in [4.78, 5) is 21.3. The summed E-state index contributed by atoms with van der Waals surface area (Å²) in [5.41, 5.74) is 10.2. The van der Waals surface area contributed by atoms with Crippen molar-refractivity contribution in [1.29, 1.82) is 0 Å². The van der Waals surface area contributed by atoms with Gasteiger partial charge < -0.3 is 24.5 Å². The predicted octanol–water partition coefficient (Wildman–Crippen LogP) is 4.83. The van der Waals surface area contributed by atoms with Gasteiger partial charge in [-0.25, -0.2) is 14.6 Å². The fourth-order valence-corrected chi connectivity index (χ4v) is 5.07. The number of rotatable bonds is 9. The molecule has 41 heavy (non-hydrogen) atoms. The fourth-order valence-electron chi connectivity index (χ4n) is 5.07. The van der Waals surface area contributed by atoms with Gasteiger partial charge in [-0.05, 0) is 37.0 Å². The minimum Gasteiger partial charge on any atom is -0.497 e. The van der Waals surface area contributed by atoms with E-state index in [1.807, 2.05) is 72.3 Å². The monoisotopic (exact) mass is 552 g/mol. The van der Waals surface area contributed by atoms with Gasteiger partial charge in [0.05, 0.1) is 25.8 Å². The first-order valence-electron chi connectivity index (χ1n) is 13.8. The number of hydrogen-bond acceptors (Lipinski definition) is 7. The van der Waals surface area contributed by atoms with Gasteiger partial charge in [-0.15, -0.1) is 0 Å². The van der Waals surface area contributed by atoms with Gasteiger partial charge in [0.1, 0.15) is 34.9 Å². The first kappa shape index (κ1) is 26.4. The van der Waals surface area contributed by atoms with Crippen LogP contribution < -0.4 is 19.9 Å². The van der Waals surface area contributed by atoms with Crippen LogP contribution in [0.15, 0.2) is 67.0 Å². The first-order chi connectivity index (χ1) is 20.0. The minimum atomic E-state index is -0.712. The molecule has 0 radical (unpaired) electrons. The van der Waals surface area contributed by atoms with Crippen LogP contribution in [0.5, 0.6) is 17.2 Å². The van der Waals surface area contributed by atoms with Crippen LogP contribution in [0.1, 0.15) is 31.7 Å². The molecule has 10 nitrogen and oxygen atoms in total. The molecule has 2 N–H and O–H groups in total. The van der Waals surface area contributed by atoms with E-state index in [-0.39, 0.29) is 0 Å². The summed E-state index contributed by atoms with van der Waals surface area (Å²) in [7, 11) is 1.66. The lowest BCUT2D eigenvalue weighted by molar-refractivity contribution is -0.124. The number of benzene rings is 3. The molecular formula is C31H32N6O4. The minimum absolute atomic E-state index is 0.476. The van der Waals surface area contributed by atoms with E-state index in [0.717, 1.165) is 58.7 Å². The lowest BCUT2D eigenvalue weighted by Gasteiger charge is -2.18. The number of aromatic nitrogens is 5. The standard InChI is InChI=1S/C31H32N6O4/c1-3-26(29(32)38)41-24-16-25-28-27(17-24)40-15-5-4-14-37(28)31(34-25)22-10-8-21(9-11-22)30-33-19-36(35-30)18-20-6-12-23(39-2)13-7-20/h6-13,16-17,19,26H,3-5,14-15,18H2,1-2H3,(H2,32,38). The number of nitrogens with two attached hydrogens (primary N) is 1. The number of imidazole rings is 1. The third kappa shape index (κ3) is 5.45. The average Bonchev–Trinajstić information content (AvgIpc) is 3.59. The fraction of sp³-hybridized carbons (Fsp3) is 0.290. The maximum Gasteiger partial charge on any atom is 0.258 e. The van der Waals surface area contributed by atoms with Crippen LogP contribution in [0.25, 0.3) is 33.8 Å². The highest BCUT2D eigenvalue weighted by atomic mass is 16.5. The van der Waals surface area contributed by atoms with Crippen molar-refractivity contribution in [2.24, 2.45) is 5.73 Å². The van der Waals surface area contributed by atoms with Gasteiger partial charge in [0.15, 0.2) is 11.9 Å². The molecule has 10 heteroatoms. The third-order valence-electron chi connectivity index (χ3n) is 7.22. The Morgan fingerprint density at radius 3 is 2.56 bits per heavy atom. The average molecular weight is 553 g/mol. The van der Waals surface area contributed by atoms with Crippen molar-refractivity contribution in [3.8, 4) is 40.0 Å². The molecule has 0 bridgehead atoms. The smallest absolute Gasteiger partial charge is 0.258 e. The molecule has 1 atom stereocenters. The molecular weight excluding hydrogens is 520 g/mol. The number of methoxy groups -OCH3 is 1. The molecule has 1 amide bonds. The van der Waals surface area contributed by atoms with Crippen molar-refractivity contribution in [3.05, 3.63) is 72.6 Å². The largest absolute Gasteiger partial charge is 0.497 e. The lowest BCUT2D eigenvalue weighted by atomic mass is 10.1. The van der Waals surface area contributed by atoms with Gasteiger partial charge in [0.2, 0.25) is 0 Å². The summed E-state index contributed by atoms with van der Waals surface area (Å²) >= 11 is 0. The van der Waals surface area contributed by atoms with E-state index in [2.05, 4.69) is 14.6 Å². The Bertz CT molecular complexity index is 1670. The molecule has 0 spiro atoms. The SMILES string of the molecule is CCC(Oc1cc2c3c(c1)nc(-c1ccc(-c4ncn(Cc5ccc(OC)cc5)n4)cc1)n3CCCCO2)C(N)=O. The maximum atomic E-state index is 11.8. The van der Waals surface area contributed by atoms with Gasteiger partial charge in [-0.1, -0.05) is 43.3 Å². The Hall–Kier alpha value is -4.86. The van der Waals surface area contributed by atoms with E-state index >= 15 is 0 Å². The molecule has 1 aliphatic rings. The molecule has 1 unspecified atom stereocenters. The zero-order chi connectivity index (χ0) is 28.3. The number of amides is 1. The van der Waals surface area contributed by atoms with Gasteiger partial charge in [0.25, 0.3) is 5.91 Å². The Kier molecular flexibility index (Phi) is 7.28. The van der Waals surface area contributed by atoms with Crippen molar-refractivity contribution in [3.63, 3.8) is 0 Å². The van der Waals surface area contributed by atoms with E-state index in [4.69, 9.17) is 24.9 Å². The Labute approximate surface area is 237 Å². The summed E-state index contributed by atoms with van der Waals surface area (Å²) < 4.78 is 21.3. The summed E-state index contributed by atoms with van der Waals surface area (Å²) in [5, 5.41) is 4.68. The zero-order valence-electron chi connectivity index (χ0n) is 23.1. The number of hydrogen-bond donors (Lipinski definition) is 1. The maximum absolute atomic E-state index is 11.8. The zero-order valence-corrected chi connectivity index (χ0v) is 23.1. The van der Waals surface area contributed by atoms with Crippen LogP contribution in [0.3, 0.4) is 0 Å². The normalized spacial score (nSPS) is 13.7. The van der Waals surface area contributed by atoms with Crippen molar-refractivity contribution in [1.82, 2.24) is 24.3 Å². The molecule has 210 valence electrons. The third-order valence-corrected chi connectivity index (χ3v) is 7.22. The molecule has 3 heterocycles. The van der Waals surface area contributed by atoms with Crippen LogP contribution in [-0.2, 0) is 17.9 Å². The molecule has 2 aromatic heterocycles. The Morgan fingerprint density at radius 2 is 1.83 bits per heavy atom. The Balaban J connectivity index is 1.28. The summed E-state index contributed by atoms with van der Waals surface area (Å²) in [6.45, 7) is 3.91. The van der Waals surface area contributed by atoms with Crippen molar-refractivity contribution in [2.45, 2.75) is 45.4 Å². The summed E-state index contributed by atoms with van der Waals surface area (Å²) in [5.74, 6) is 3.04. The number of nitrogens with zero attached hydrogens (tertiary/aromatic N) is 5. The molecule has 6 rings (SSSR count). The molecule has 3 aromatic carbocycles. The number of carbonyl (C=O) groups excluding carboxylic acids is 1. The van der Waals surface area contributed by atoms with Crippen LogP contribution in [-0.4, -0.2) is 50.0 Å². The van der Waals surface area contributed by atoms with Crippen LogP contribution in [0.4, 0.5) is 0 Å². The molecule has 1 aliphatic heterocycles. The van der Waals surface area contributed by atoms with E-state index in [1.165, 1.54) is 0 Å². The topological polar surface area (TPSA) is 119 Å². The summed E-state index contributed by atoms with van der Waals surface area (Å²) in [6.07, 6.45) is 3.41. The van der Waals surface area contributed by atoms with Gasteiger partial charge in [-0.3, -0.25) is 4.79 Å². The van der Waals surface area contributed by atoms with Crippen LogP contribution >= 0.6 is 0 Å². The molecule has 0 saturated heterocycles. The molecule has 0 fully saturated rings. The first-order valence-corrected chi connectivity index (χ1v) is 13.8. The van der Waals surface area contributed by atoms with Gasteiger partial charge in [-0.2, -0.15) is 5.10 Å². The highest BCUT2D eigenvalue weighted by Crippen LogP contribution is 2.37. The quantitative estimate of drug-likeness (QED) is 0.278. The van der Waals surface area contributed by atoms with E-state index in [1.54, 1.807) is 13.4 Å². The molecule has 5 aromatic rings. The van der Waals surface area contributed by atoms with Gasteiger partial charge >= 0.3 is 0 Å². The second-order valence-electron chi connectivity index (χ2n) is 10.0. The Morgan fingerprint density at radius 1 is 1.05 bits per heavy atom. The van der Waals surface area contributed by atoms with Crippen molar-refractivity contribution >= 4 is 16.9 Å². The number of aryl methyl sites for hydroxylation is 1. The van der Waals surface area contributed by atoms with E-state index in [9.17, 15) is 4.79 Å². The van der Waals surface area contributed by atoms with Crippen molar-refractivity contribution in [2.75, 3.05) is 13.7 Å². The highest BCUT2D eigenvalue weighted by molar-refractivity contribution is 5.88. The lowest BCUT2D eigenvalue weighted by Crippen LogP contribution is -2.32. The highest BCUT2D eigenvalue weighted by Gasteiger charge is 2.22. The second kappa shape index (κ2) is 11.3. The predicted molar refractivity (Wildman–Crippen MR) is 155 cm³/mol. The van der Waals surface area contributed by atoms with Gasteiger partial charge in [0, 0.05) is 29.8 Å². The van der Waals surface area contributed by atoms with Crippen LogP contribution in [0, 0.1) is 0 Å². The number of carbonyl (C=O) groups is 1. The van der Waals surface area contributed by atoms with E-state index < -0.39 is 12.0 Å². The van der Waals surface area contributed by atoms with Crippen molar-refractivity contribution < 1.29 is 19.0 Å². The number of ether oxygens (including phenoxy) is 3. The molecule has 0 saturated carbocycles. The second-order valence-corrected chi connectivity index (χ2v) is 10.0. The van der Waals surface area contributed by atoms with E-state index in [0.29, 0.717) is 36.9 Å². The van der Waals surface area contributed by atoms with Crippen LogP contribution in [0.2, 0.25) is 0 Å². The molecule has 0 aliphatic carbocycles.